The maximum absolute atomic E-state index is 13.6. The van der Waals surface area contributed by atoms with Crippen molar-refractivity contribution in [3.8, 4) is 0 Å². The Bertz CT molecular complexity index is 441. The van der Waals surface area contributed by atoms with Crippen LogP contribution >= 0.6 is 0 Å². The topological polar surface area (TPSA) is 41.1 Å². The van der Waals surface area contributed by atoms with Crippen LogP contribution in [0.25, 0.3) is 0 Å². The predicted octanol–water partition coefficient (Wildman–Crippen LogP) is 2.85. The van der Waals surface area contributed by atoms with Crippen molar-refractivity contribution in [2.75, 3.05) is 11.9 Å². The molecular weight excluding hydrogens is 243 g/mol. The second-order valence-electron chi connectivity index (χ2n) is 5.36. The van der Waals surface area contributed by atoms with Gasteiger partial charge in [-0.1, -0.05) is 19.1 Å². The Balaban J connectivity index is 1.97. The second-order valence-corrected chi connectivity index (χ2v) is 5.36. The molecule has 1 aliphatic heterocycles. The van der Waals surface area contributed by atoms with Gasteiger partial charge in [-0.2, -0.15) is 0 Å². The van der Waals surface area contributed by atoms with E-state index in [0.717, 1.165) is 24.9 Å². The number of hydrogen-bond donors (Lipinski definition) is 2. The summed E-state index contributed by atoms with van der Waals surface area (Å²) in [6.07, 6.45) is 2.70. The number of piperidine rings is 1. The fraction of sp³-hybridized carbons (Fsp3) is 0.533. The minimum atomic E-state index is -0.377. The normalized spacial score (nSPS) is 23.1. The lowest BCUT2D eigenvalue weighted by Crippen LogP contribution is -2.42. The Hall–Kier alpha value is -1.42. The molecule has 1 fully saturated rings. The summed E-state index contributed by atoms with van der Waals surface area (Å²) in [7, 11) is 0. The number of para-hydroxylation sites is 1. The largest absolute Gasteiger partial charge is 0.323 e. The molecule has 2 N–H and O–H groups in total. The molecule has 2 unspecified atom stereocenters. The number of carbonyl (C=O) groups is 1. The van der Waals surface area contributed by atoms with Crippen molar-refractivity contribution in [2.24, 2.45) is 5.92 Å². The molecule has 0 aliphatic carbocycles. The molecule has 1 heterocycles. The first kappa shape index (κ1) is 14.0. The molecule has 0 aromatic heterocycles. The highest BCUT2D eigenvalue weighted by molar-refractivity contribution is 5.92. The summed E-state index contributed by atoms with van der Waals surface area (Å²) >= 11 is 0. The summed E-state index contributed by atoms with van der Waals surface area (Å²) in [5.41, 5.74) is 1.05. The van der Waals surface area contributed by atoms with Crippen LogP contribution in [-0.4, -0.2) is 18.5 Å². The summed E-state index contributed by atoms with van der Waals surface area (Å²) in [6.45, 7) is 4.90. The van der Waals surface area contributed by atoms with Crippen molar-refractivity contribution in [3.05, 3.63) is 29.6 Å². The molecular formula is C15H21FN2O. The number of anilines is 1. The van der Waals surface area contributed by atoms with E-state index >= 15 is 0 Å². The van der Waals surface area contributed by atoms with Gasteiger partial charge in [0.25, 0.3) is 0 Å². The van der Waals surface area contributed by atoms with E-state index in [2.05, 4.69) is 17.6 Å². The van der Waals surface area contributed by atoms with Crippen molar-refractivity contribution in [2.45, 2.75) is 39.2 Å². The van der Waals surface area contributed by atoms with Gasteiger partial charge in [-0.25, -0.2) is 4.39 Å². The number of hydrogen-bond acceptors (Lipinski definition) is 2. The molecule has 104 valence electrons. The highest BCUT2D eigenvalue weighted by Crippen LogP contribution is 2.21. The Kier molecular flexibility index (Phi) is 4.53. The molecule has 3 nitrogen and oxygen atoms in total. The van der Waals surface area contributed by atoms with E-state index in [1.54, 1.807) is 19.1 Å². The minimum absolute atomic E-state index is 0.126. The first-order valence-corrected chi connectivity index (χ1v) is 6.86. The van der Waals surface area contributed by atoms with Gasteiger partial charge >= 0.3 is 0 Å². The van der Waals surface area contributed by atoms with E-state index in [9.17, 15) is 9.18 Å². The standard InChI is InChI=1S/C15H21FN2O/c1-10-6-4-8-17-13(10)9-14(19)18-15-11(2)5-3-7-12(15)16/h3,5,7,10,13,17H,4,6,8-9H2,1-2H3,(H,18,19). The Morgan fingerprint density at radius 3 is 3.00 bits per heavy atom. The molecule has 4 heteroatoms. The fourth-order valence-corrected chi connectivity index (χ4v) is 2.57. The Labute approximate surface area is 113 Å². The number of amides is 1. The van der Waals surface area contributed by atoms with Crippen LogP contribution in [-0.2, 0) is 4.79 Å². The summed E-state index contributed by atoms with van der Waals surface area (Å²) < 4.78 is 13.6. The average molecular weight is 264 g/mol. The molecule has 1 aromatic rings. The monoisotopic (exact) mass is 264 g/mol. The molecule has 1 amide bonds. The van der Waals surface area contributed by atoms with Crippen LogP contribution in [0.5, 0.6) is 0 Å². The molecule has 1 aliphatic rings. The zero-order chi connectivity index (χ0) is 13.8. The smallest absolute Gasteiger partial charge is 0.226 e. The predicted molar refractivity (Wildman–Crippen MR) is 74.6 cm³/mol. The van der Waals surface area contributed by atoms with Crippen LogP contribution in [0.4, 0.5) is 10.1 Å². The average Bonchev–Trinajstić information content (AvgIpc) is 2.37. The lowest BCUT2D eigenvalue weighted by atomic mass is 9.90. The van der Waals surface area contributed by atoms with Crippen LogP contribution in [0.1, 0.15) is 31.7 Å². The van der Waals surface area contributed by atoms with Crippen LogP contribution in [0.15, 0.2) is 18.2 Å². The summed E-state index contributed by atoms with van der Waals surface area (Å²) in [4.78, 5) is 12.0. The van der Waals surface area contributed by atoms with Crippen LogP contribution in [0, 0.1) is 18.7 Å². The van der Waals surface area contributed by atoms with Gasteiger partial charge in [0, 0.05) is 12.5 Å². The minimum Gasteiger partial charge on any atom is -0.323 e. The molecule has 2 atom stereocenters. The second kappa shape index (κ2) is 6.15. The third-order valence-electron chi connectivity index (χ3n) is 3.82. The van der Waals surface area contributed by atoms with E-state index in [4.69, 9.17) is 0 Å². The molecule has 0 spiro atoms. The van der Waals surface area contributed by atoms with Crippen molar-refractivity contribution < 1.29 is 9.18 Å². The summed E-state index contributed by atoms with van der Waals surface area (Å²) in [5.74, 6) is -0.0151. The third kappa shape index (κ3) is 3.53. The van der Waals surface area contributed by atoms with Crippen LogP contribution < -0.4 is 10.6 Å². The van der Waals surface area contributed by atoms with Gasteiger partial charge in [0.05, 0.1) is 5.69 Å². The van der Waals surface area contributed by atoms with E-state index < -0.39 is 0 Å². The van der Waals surface area contributed by atoms with E-state index in [1.807, 2.05) is 0 Å². The molecule has 19 heavy (non-hydrogen) atoms. The van der Waals surface area contributed by atoms with E-state index in [-0.39, 0.29) is 17.8 Å². The number of halogens is 1. The maximum atomic E-state index is 13.6. The molecule has 1 saturated heterocycles. The van der Waals surface area contributed by atoms with Gasteiger partial charge < -0.3 is 10.6 Å². The SMILES string of the molecule is Cc1cccc(F)c1NC(=O)CC1NCCCC1C. The zero-order valence-corrected chi connectivity index (χ0v) is 11.5. The van der Waals surface area contributed by atoms with Gasteiger partial charge in [0.15, 0.2) is 0 Å². The van der Waals surface area contributed by atoms with E-state index in [0.29, 0.717) is 18.0 Å². The van der Waals surface area contributed by atoms with Gasteiger partial charge in [-0.05, 0) is 43.9 Å². The zero-order valence-electron chi connectivity index (χ0n) is 11.5. The van der Waals surface area contributed by atoms with Crippen molar-refractivity contribution >= 4 is 11.6 Å². The highest BCUT2D eigenvalue weighted by Gasteiger charge is 2.23. The van der Waals surface area contributed by atoms with Crippen molar-refractivity contribution in [1.29, 1.82) is 0 Å². The van der Waals surface area contributed by atoms with E-state index in [1.165, 1.54) is 6.07 Å². The van der Waals surface area contributed by atoms with Gasteiger partial charge in [0.2, 0.25) is 5.91 Å². The Morgan fingerprint density at radius 2 is 2.32 bits per heavy atom. The lowest BCUT2D eigenvalue weighted by Gasteiger charge is -2.29. The van der Waals surface area contributed by atoms with Crippen molar-refractivity contribution in [3.63, 3.8) is 0 Å². The third-order valence-corrected chi connectivity index (χ3v) is 3.82. The first-order valence-electron chi connectivity index (χ1n) is 6.86. The maximum Gasteiger partial charge on any atom is 0.226 e. The number of nitrogens with one attached hydrogen (secondary N) is 2. The molecule has 1 aromatic carbocycles. The van der Waals surface area contributed by atoms with Gasteiger partial charge in [-0.15, -0.1) is 0 Å². The van der Waals surface area contributed by atoms with Crippen molar-refractivity contribution in [1.82, 2.24) is 5.32 Å². The molecule has 0 saturated carbocycles. The van der Waals surface area contributed by atoms with Gasteiger partial charge in [-0.3, -0.25) is 4.79 Å². The molecule has 0 radical (unpaired) electrons. The highest BCUT2D eigenvalue weighted by atomic mass is 19.1. The summed E-state index contributed by atoms with van der Waals surface area (Å²) in [6, 6.07) is 5.00. The first-order chi connectivity index (χ1) is 9.08. The van der Waals surface area contributed by atoms with Gasteiger partial charge in [0.1, 0.15) is 5.82 Å². The Morgan fingerprint density at radius 1 is 1.53 bits per heavy atom. The molecule has 2 rings (SSSR count). The lowest BCUT2D eigenvalue weighted by molar-refractivity contribution is -0.117. The number of carbonyl (C=O) groups excluding carboxylic acids is 1. The fourth-order valence-electron chi connectivity index (χ4n) is 2.57. The number of aryl methyl sites for hydroxylation is 1. The quantitative estimate of drug-likeness (QED) is 0.881. The number of rotatable bonds is 3. The molecule has 0 bridgehead atoms. The van der Waals surface area contributed by atoms with Crippen LogP contribution in [0.2, 0.25) is 0 Å². The number of benzene rings is 1. The van der Waals surface area contributed by atoms with Crippen LogP contribution in [0.3, 0.4) is 0 Å². The summed E-state index contributed by atoms with van der Waals surface area (Å²) in [5, 5.41) is 6.05.